The number of halogens is 2. The largest absolute Gasteiger partial charge is 0.223 e. The highest BCUT2D eigenvalue weighted by Crippen LogP contribution is 2.28. The van der Waals surface area contributed by atoms with Crippen LogP contribution in [0.2, 0.25) is 5.28 Å². The Balaban J connectivity index is 2.26. The molecule has 0 bridgehead atoms. The van der Waals surface area contributed by atoms with E-state index in [-0.39, 0.29) is 10.3 Å². The molecule has 0 spiro atoms. The van der Waals surface area contributed by atoms with E-state index in [0.717, 1.165) is 16.7 Å². The van der Waals surface area contributed by atoms with Crippen LogP contribution in [0.1, 0.15) is 5.56 Å². The maximum absolute atomic E-state index is 13.3. The lowest BCUT2D eigenvalue weighted by molar-refractivity contribution is 0.579. The van der Waals surface area contributed by atoms with Gasteiger partial charge in [-0.2, -0.15) is 0 Å². The van der Waals surface area contributed by atoms with E-state index in [4.69, 9.17) is 11.6 Å². The number of hydrogen-bond acceptors (Lipinski definition) is 3. The lowest BCUT2D eigenvalue weighted by atomic mass is 10.2. The third kappa shape index (κ3) is 2.71. The third-order valence-electron chi connectivity index (χ3n) is 1.92. The van der Waals surface area contributed by atoms with Crippen LogP contribution in [0.25, 0.3) is 0 Å². The molecule has 82 valence electrons. The minimum absolute atomic E-state index is 0.0519. The highest BCUT2D eigenvalue weighted by Gasteiger charge is 2.07. The van der Waals surface area contributed by atoms with E-state index < -0.39 is 5.82 Å². The molecule has 0 unspecified atom stereocenters. The summed E-state index contributed by atoms with van der Waals surface area (Å²) in [7, 11) is 0. The standard InChI is InChI=1S/C11H8ClFN2S/c1-7-2-4-8(5-3-7)16-10-9(13)6-14-11(12)15-10/h2-6H,1H3. The summed E-state index contributed by atoms with van der Waals surface area (Å²) in [5.41, 5.74) is 1.16. The molecule has 0 fully saturated rings. The fourth-order valence-corrected chi connectivity index (χ4v) is 2.08. The van der Waals surface area contributed by atoms with Crippen molar-refractivity contribution in [1.82, 2.24) is 9.97 Å². The summed E-state index contributed by atoms with van der Waals surface area (Å²) in [6.45, 7) is 2.00. The van der Waals surface area contributed by atoms with Gasteiger partial charge < -0.3 is 0 Å². The summed E-state index contributed by atoms with van der Waals surface area (Å²) >= 11 is 6.83. The van der Waals surface area contributed by atoms with E-state index in [1.807, 2.05) is 31.2 Å². The second-order valence-electron chi connectivity index (χ2n) is 3.21. The van der Waals surface area contributed by atoms with Crippen molar-refractivity contribution < 1.29 is 4.39 Å². The van der Waals surface area contributed by atoms with Crippen LogP contribution in [0.15, 0.2) is 40.4 Å². The fraction of sp³-hybridized carbons (Fsp3) is 0.0909. The van der Waals surface area contributed by atoms with Crippen molar-refractivity contribution in [2.75, 3.05) is 0 Å². The average molecular weight is 255 g/mol. The number of hydrogen-bond donors (Lipinski definition) is 0. The molecule has 0 aliphatic carbocycles. The minimum atomic E-state index is -0.463. The zero-order valence-electron chi connectivity index (χ0n) is 8.45. The van der Waals surface area contributed by atoms with Crippen LogP contribution in [-0.2, 0) is 0 Å². The van der Waals surface area contributed by atoms with Gasteiger partial charge in [-0.3, -0.25) is 0 Å². The topological polar surface area (TPSA) is 25.8 Å². The Kier molecular flexibility index (Phi) is 3.41. The monoisotopic (exact) mass is 254 g/mol. The molecule has 0 N–H and O–H groups in total. The predicted molar refractivity (Wildman–Crippen MR) is 62.3 cm³/mol. The van der Waals surface area contributed by atoms with Gasteiger partial charge in [-0.15, -0.1) is 0 Å². The zero-order valence-corrected chi connectivity index (χ0v) is 10.0. The van der Waals surface area contributed by atoms with Gasteiger partial charge in [-0.05, 0) is 30.7 Å². The predicted octanol–water partition coefficient (Wildman–Crippen LogP) is 3.73. The Bertz CT molecular complexity index is 502. The summed E-state index contributed by atoms with van der Waals surface area (Å²) < 4.78 is 13.3. The van der Waals surface area contributed by atoms with Crippen LogP contribution in [0.3, 0.4) is 0 Å². The van der Waals surface area contributed by atoms with Crippen molar-refractivity contribution in [1.29, 1.82) is 0 Å². The average Bonchev–Trinajstić information content (AvgIpc) is 2.27. The normalized spacial score (nSPS) is 10.4. The van der Waals surface area contributed by atoms with Crippen molar-refractivity contribution in [2.45, 2.75) is 16.8 Å². The highest BCUT2D eigenvalue weighted by molar-refractivity contribution is 7.99. The van der Waals surface area contributed by atoms with Crippen LogP contribution >= 0.6 is 23.4 Å². The van der Waals surface area contributed by atoms with E-state index >= 15 is 0 Å². The smallest absolute Gasteiger partial charge is 0.223 e. The first-order valence-corrected chi connectivity index (χ1v) is 5.77. The Morgan fingerprint density at radius 1 is 1.25 bits per heavy atom. The third-order valence-corrected chi connectivity index (χ3v) is 3.09. The molecule has 2 aromatic rings. The van der Waals surface area contributed by atoms with Gasteiger partial charge in [0.1, 0.15) is 5.03 Å². The van der Waals surface area contributed by atoms with Gasteiger partial charge in [0.2, 0.25) is 5.28 Å². The molecular formula is C11H8ClFN2S. The van der Waals surface area contributed by atoms with Gasteiger partial charge in [0.05, 0.1) is 6.20 Å². The van der Waals surface area contributed by atoms with Gasteiger partial charge in [-0.1, -0.05) is 29.5 Å². The van der Waals surface area contributed by atoms with Gasteiger partial charge in [-0.25, -0.2) is 14.4 Å². The fourth-order valence-electron chi connectivity index (χ4n) is 1.12. The van der Waals surface area contributed by atoms with Crippen LogP contribution < -0.4 is 0 Å². The molecule has 1 aromatic carbocycles. The molecular weight excluding hydrogens is 247 g/mol. The maximum atomic E-state index is 13.3. The highest BCUT2D eigenvalue weighted by atomic mass is 35.5. The summed E-state index contributed by atoms with van der Waals surface area (Å²) in [6.07, 6.45) is 1.08. The molecule has 1 heterocycles. The number of benzene rings is 1. The molecule has 0 saturated carbocycles. The van der Waals surface area contributed by atoms with E-state index in [0.29, 0.717) is 0 Å². The van der Waals surface area contributed by atoms with Gasteiger partial charge in [0, 0.05) is 4.90 Å². The quantitative estimate of drug-likeness (QED) is 0.603. The number of rotatable bonds is 2. The molecule has 16 heavy (non-hydrogen) atoms. The lowest BCUT2D eigenvalue weighted by Gasteiger charge is -2.02. The maximum Gasteiger partial charge on any atom is 0.223 e. The Morgan fingerprint density at radius 3 is 2.62 bits per heavy atom. The van der Waals surface area contributed by atoms with Gasteiger partial charge in [0.15, 0.2) is 5.82 Å². The first-order chi connectivity index (χ1) is 7.65. The molecule has 5 heteroatoms. The molecule has 0 amide bonds. The van der Waals surface area contributed by atoms with Crippen LogP contribution in [0.5, 0.6) is 0 Å². The number of aromatic nitrogens is 2. The molecule has 0 aliphatic heterocycles. The van der Waals surface area contributed by atoms with Crippen LogP contribution in [0.4, 0.5) is 4.39 Å². The van der Waals surface area contributed by atoms with E-state index in [2.05, 4.69) is 9.97 Å². The SMILES string of the molecule is Cc1ccc(Sc2nc(Cl)ncc2F)cc1. The molecule has 2 rings (SSSR count). The van der Waals surface area contributed by atoms with E-state index in [9.17, 15) is 4.39 Å². The van der Waals surface area contributed by atoms with Crippen molar-refractivity contribution in [3.05, 3.63) is 47.1 Å². The Hall–Kier alpha value is -1.13. The second-order valence-corrected chi connectivity index (χ2v) is 4.61. The van der Waals surface area contributed by atoms with Crippen molar-refractivity contribution >= 4 is 23.4 Å². The molecule has 1 aromatic heterocycles. The van der Waals surface area contributed by atoms with Crippen molar-refractivity contribution in [3.8, 4) is 0 Å². The summed E-state index contributed by atoms with van der Waals surface area (Å²) in [5, 5.41) is 0.292. The van der Waals surface area contributed by atoms with Crippen molar-refractivity contribution in [3.63, 3.8) is 0 Å². The summed E-state index contributed by atoms with van der Waals surface area (Å²) in [5.74, 6) is -0.463. The summed E-state index contributed by atoms with van der Waals surface area (Å²) in [4.78, 5) is 8.31. The van der Waals surface area contributed by atoms with E-state index in [1.54, 1.807) is 0 Å². The van der Waals surface area contributed by atoms with E-state index in [1.165, 1.54) is 11.8 Å². The minimum Gasteiger partial charge on any atom is -0.223 e. The van der Waals surface area contributed by atoms with Gasteiger partial charge in [0.25, 0.3) is 0 Å². The summed E-state index contributed by atoms with van der Waals surface area (Å²) in [6, 6.07) is 7.75. The number of nitrogens with zero attached hydrogens (tertiary/aromatic N) is 2. The van der Waals surface area contributed by atoms with Gasteiger partial charge >= 0.3 is 0 Å². The first-order valence-electron chi connectivity index (χ1n) is 4.58. The van der Waals surface area contributed by atoms with Crippen molar-refractivity contribution in [2.24, 2.45) is 0 Å². The molecule has 0 radical (unpaired) electrons. The molecule has 0 atom stereocenters. The number of aryl methyl sites for hydroxylation is 1. The Labute approximate surface area is 102 Å². The molecule has 2 nitrogen and oxygen atoms in total. The lowest BCUT2D eigenvalue weighted by Crippen LogP contribution is -1.90. The second kappa shape index (κ2) is 4.80. The molecule has 0 aliphatic rings. The van der Waals surface area contributed by atoms with Crippen LogP contribution in [0, 0.1) is 12.7 Å². The zero-order chi connectivity index (χ0) is 11.5. The Morgan fingerprint density at radius 2 is 1.94 bits per heavy atom. The van der Waals surface area contributed by atoms with Crippen LogP contribution in [-0.4, -0.2) is 9.97 Å². The first kappa shape index (κ1) is 11.4. The molecule has 0 saturated heterocycles.